The molecule has 0 saturated heterocycles. The van der Waals surface area contributed by atoms with Crippen LogP contribution in [0.25, 0.3) is 6.08 Å². The van der Waals surface area contributed by atoms with Gasteiger partial charge in [-0.15, -0.1) is 0 Å². The van der Waals surface area contributed by atoms with Gasteiger partial charge in [-0.25, -0.2) is 0 Å². The van der Waals surface area contributed by atoms with Crippen LogP contribution in [-0.2, 0) is 4.79 Å². The second-order valence-corrected chi connectivity index (χ2v) is 5.65. The average molecular weight is 285 g/mol. The van der Waals surface area contributed by atoms with Crippen molar-refractivity contribution in [1.82, 2.24) is 15.5 Å². The zero-order valence-electron chi connectivity index (χ0n) is 12.2. The highest BCUT2D eigenvalue weighted by molar-refractivity contribution is 5.91. The van der Waals surface area contributed by atoms with Gasteiger partial charge >= 0.3 is 0 Å². The van der Waals surface area contributed by atoms with Gasteiger partial charge in [0.1, 0.15) is 11.5 Å². The highest BCUT2D eigenvalue weighted by Gasteiger charge is 2.36. The van der Waals surface area contributed by atoms with Crippen LogP contribution in [0.4, 0.5) is 0 Å². The van der Waals surface area contributed by atoms with E-state index < -0.39 is 0 Å². The molecule has 0 bridgehead atoms. The number of carbonyl (C=O) groups excluding carboxylic acids is 1. The van der Waals surface area contributed by atoms with Gasteiger partial charge in [0.15, 0.2) is 0 Å². The van der Waals surface area contributed by atoms with Crippen LogP contribution < -0.4 is 5.32 Å². The van der Waals surface area contributed by atoms with Gasteiger partial charge in [0.25, 0.3) is 0 Å². The molecule has 1 amide bonds. The maximum atomic E-state index is 11.9. The number of rotatable bonds is 5. The molecule has 3 unspecified atom stereocenters. The maximum Gasteiger partial charge on any atom is 0.244 e. The summed E-state index contributed by atoms with van der Waals surface area (Å²) in [5, 5.41) is 9.47. The molecule has 21 heavy (non-hydrogen) atoms. The van der Waals surface area contributed by atoms with Crippen molar-refractivity contribution in [2.45, 2.75) is 32.2 Å². The number of hydrogen-bond donors (Lipinski definition) is 2. The van der Waals surface area contributed by atoms with Crippen LogP contribution in [0.2, 0.25) is 0 Å². The Labute approximate surface area is 123 Å². The summed E-state index contributed by atoms with van der Waals surface area (Å²) >= 11 is 0. The van der Waals surface area contributed by atoms with Crippen LogP contribution in [0.5, 0.6) is 0 Å². The van der Waals surface area contributed by atoms with Gasteiger partial charge < -0.3 is 9.73 Å². The first kappa shape index (κ1) is 13.7. The summed E-state index contributed by atoms with van der Waals surface area (Å²) in [5.41, 5.74) is 0.944. The van der Waals surface area contributed by atoms with Crippen molar-refractivity contribution in [3.63, 3.8) is 0 Å². The Kier molecular flexibility index (Phi) is 3.64. The molecule has 5 nitrogen and oxygen atoms in total. The van der Waals surface area contributed by atoms with Gasteiger partial charge in [-0.1, -0.05) is 6.92 Å². The molecule has 1 aliphatic carbocycles. The molecular formula is C16H19N3O2. The van der Waals surface area contributed by atoms with E-state index in [1.54, 1.807) is 18.5 Å². The molecule has 0 aromatic carbocycles. The number of aromatic amines is 1. The number of carbonyl (C=O) groups is 1. The Morgan fingerprint density at radius 1 is 1.57 bits per heavy atom. The number of H-pyrrole nitrogens is 1. The van der Waals surface area contributed by atoms with Crippen molar-refractivity contribution in [3.8, 4) is 0 Å². The maximum absolute atomic E-state index is 11.9. The van der Waals surface area contributed by atoms with Gasteiger partial charge in [-0.3, -0.25) is 9.89 Å². The van der Waals surface area contributed by atoms with Crippen LogP contribution in [0.15, 0.2) is 35.0 Å². The molecule has 2 N–H and O–H groups in total. The summed E-state index contributed by atoms with van der Waals surface area (Å²) in [6, 6.07) is 3.82. The monoisotopic (exact) mass is 285 g/mol. The first-order chi connectivity index (χ1) is 10.1. The Bertz CT molecular complexity index is 642. The number of aromatic nitrogens is 2. The minimum Gasteiger partial charge on any atom is -0.461 e. The summed E-state index contributed by atoms with van der Waals surface area (Å²) in [5.74, 6) is 2.86. The van der Waals surface area contributed by atoms with E-state index in [-0.39, 0.29) is 11.9 Å². The van der Waals surface area contributed by atoms with Crippen molar-refractivity contribution < 1.29 is 9.21 Å². The molecule has 0 radical (unpaired) electrons. The molecule has 110 valence electrons. The van der Waals surface area contributed by atoms with E-state index in [1.165, 1.54) is 12.5 Å². The molecule has 5 heteroatoms. The van der Waals surface area contributed by atoms with Crippen LogP contribution in [0, 0.1) is 5.92 Å². The molecule has 0 spiro atoms. The number of hydrogen-bond acceptors (Lipinski definition) is 3. The van der Waals surface area contributed by atoms with E-state index in [0.29, 0.717) is 11.8 Å². The minimum absolute atomic E-state index is 0.0830. The minimum atomic E-state index is -0.151. The van der Waals surface area contributed by atoms with E-state index >= 15 is 0 Å². The summed E-state index contributed by atoms with van der Waals surface area (Å²) in [6.45, 7) is 4.13. The van der Waals surface area contributed by atoms with Gasteiger partial charge in [0, 0.05) is 23.8 Å². The van der Waals surface area contributed by atoms with Crippen LogP contribution in [0.1, 0.15) is 49.3 Å². The van der Waals surface area contributed by atoms with Crippen molar-refractivity contribution in [2.24, 2.45) is 5.92 Å². The molecule has 2 aromatic rings. The van der Waals surface area contributed by atoms with Gasteiger partial charge in [0.05, 0.1) is 12.2 Å². The third-order valence-electron chi connectivity index (χ3n) is 3.90. The van der Waals surface area contributed by atoms with Crippen molar-refractivity contribution in [3.05, 3.63) is 47.7 Å². The van der Waals surface area contributed by atoms with Gasteiger partial charge in [0.2, 0.25) is 5.91 Å². The normalized spacial score (nSPS) is 22.4. The Hall–Kier alpha value is -2.30. The second kappa shape index (κ2) is 5.60. The van der Waals surface area contributed by atoms with Gasteiger partial charge in [-0.2, -0.15) is 5.10 Å². The van der Waals surface area contributed by atoms with Gasteiger partial charge in [-0.05, 0) is 37.5 Å². The van der Waals surface area contributed by atoms with E-state index in [9.17, 15) is 4.79 Å². The number of amides is 1. The summed E-state index contributed by atoms with van der Waals surface area (Å²) in [7, 11) is 0. The molecule has 1 aliphatic rings. The summed E-state index contributed by atoms with van der Waals surface area (Å²) in [4.78, 5) is 11.9. The number of furan rings is 1. The van der Waals surface area contributed by atoms with E-state index in [1.807, 2.05) is 19.1 Å². The second-order valence-electron chi connectivity index (χ2n) is 5.65. The highest BCUT2D eigenvalue weighted by Crippen LogP contribution is 2.47. The smallest absolute Gasteiger partial charge is 0.244 e. The highest BCUT2D eigenvalue weighted by atomic mass is 16.3. The average Bonchev–Trinajstić information content (AvgIpc) is 2.93. The summed E-state index contributed by atoms with van der Waals surface area (Å²) in [6.07, 6.45) is 7.86. The molecule has 3 atom stereocenters. The number of nitrogens with zero attached hydrogens (tertiary/aromatic N) is 1. The van der Waals surface area contributed by atoms with Crippen LogP contribution >= 0.6 is 0 Å². The van der Waals surface area contributed by atoms with Crippen LogP contribution in [-0.4, -0.2) is 16.1 Å². The summed E-state index contributed by atoms with van der Waals surface area (Å²) < 4.78 is 5.72. The van der Waals surface area contributed by atoms with Crippen LogP contribution in [0.3, 0.4) is 0 Å². The molecule has 1 saturated carbocycles. The predicted octanol–water partition coefficient (Wildman–Crippen LogP) is 3.02. The lowest BCUT2D eigenvalue weighted by Gasteiger charge is -2.09. The Morgan fingerprint density at radius 2 is 2.38 bits per heavy atom. The first-order valence-corrected chi connectivity index (χ1v) is 7.20. The zero-order valence-corrected chi connectivity index (χ0v) is 12.2. The molecule has 1 fully saturated rings. The van der Waals surface area contributed by atoms with Crippen molar-refractivity contribution in [1.29, 1.82) is 0 Å². The lowest BCUT2D eigenvalue weighted by atomic mass is 10.2. The Balaban J connectivity index is 1.55. The lowest BCUT2D eigenvalue weighted by molar-refractivity contribution is -0.117. The lowest BCUT2D eigenvalue weighted by Crippen LogP contribution is -2.24. The third kappa shape index (κ3) is 3.24. The molecule has 0 aliphatic heterocycles. The third-order valence-corrected chi connectivity index (χ3v) is 3.90. The molecule has 3 rings (SSSR count). The quantitative estimate of drug-likeness (QED) is 0.829. The fourth-order valence-electron chi connectivity index (χ4n) is 2.38. The molecular weight excluding hydrogens is 266 g/mol. The van der Waals surface area contributed by atoms with Crippen molar-refractivity contribution in [2.75, 3.05) is 0 Å². The largest absolute Gasteiger partial charge is 0.461 e. The topological polar surface area (TPSA) is 70.9 Å². The van der Waals surface area contributed by atoms with E-state index in [0.717, 1.165) is 17.1 Å². The van der Waals surface area contributed by atoms with E-state index in [2.05, 4.69) is 22.4 Å². The fourth-order valence-corrected chi connectivity index (χ4v) is 2.38. The molecule has 2 aromatic heterocycles. The molecule has 2 heterocycles. The first-order valence-electron chi connectivity index (χ1n) is 7.20. The predicted molar refractivity (Wildman–Crippen MR) is 79.4 cm³/mol. The van der Waals surface area contributed by atoms with Crippen molar-refractivity contribution >= 4 is 12.0 Å². The van der Waals surface area contributed by atoms with E-state index in [4.69, 9.17) is 4.42 Å². The SMILES string of the molecule is CC(NC(=O)/C=C/c1ccc(C2CC2C)o1)c1cn[nH]c1. The standard InChI is InChI=1S/C16H19N3O2/c1-10-7-14(10)15-5-3-13(21-15)4-6-16(20)19-11(2)12-8-17-18-9-12/h3-6,8-11,14H,7H2,1-2H3,(H,17,18)(H,19,20)/b6-4+. The fraction of sp³-hybridized carbons (Fsp3) is 0.375. The number of nitrogens with one attached hydrogen (secondary N) is 2. The Morgan fingerprint density at radius 3 is 3.05 bits per heavy atom. The zero-order chi connectivity index (χ0) is 14.8.